The van der Waals surface area contributed by atoms with Gasteiger partial charge in [-0.2, -0.15) is 5.26 Å². The van der Waals surface area contributed by atoms with Crippen LogP contribution in [0.3, 0.4) is 0 Å². The minimum Gasteiger partial charge on any atom is -0.301 e. The van der Waals surface area contributed by atoms with Crippen LogP contribution in [0.1, 0.15) is 44.6 Å². The Bertz CT molecular complexity index is 499. The maximum Gasteiger partial charge on any atom is 0.133 e. The lowest BCUT2D eigenvalue weighted by Crippen LogP contribution is -2.45. The monoisotopic (exact) mass is 283 g/mol. The van der Waals surface area contributed by atoms with E-state index >= 15 is 0 Å². The summed E-state index contributed by atoms with van der Waals surface area (Å²) >= 11 is 0. The van der Waals surface area contributed by atoms with Crippen molar-refractivity contribution in [3.8, 4) is 6.07 Å². The summed E-state index contributed by atoms with van der Waals surface area (Å²) in [6, 6.07) is 14.2. The highest BCUT2D eigenvalue weighted by Gasteiger charge is 2.39. The van der Waals surface area contributed by atoms with Gasteiger partial charge in [-0.1, -0.05) is 37.3 Å². The molecule has 2 aliphatic rings. The summed E-state index contributed by atoms with van der Waals surface area (Å²) in [5, 5.41) is 13.5. The van der Waals surface area contributed by atoms with Gasteiger partial charge in [0.1, 0.15) is 5.54 Å². The third-order valence-electron chi connectivity index (χ3n) is 4.73. The molecule has 2 aliphatic carbocycles. The molecule has 3 nitrogen and oxygen atoms in total. The molecule has 112 valence electrons. The second kappa shape index (κ2) is 6.17. The van der Waals surface area contributed by atoms with Crippen LogP contribution in [-0.4, -0.2) is 30.1 Å². The molecule has 0 amide bonds. The number of benzene rings is 1. The lowest BCUT2D eigenvalue weighted by atomic mass is 9.87. The van der Waals surface area contributed by atoms with Gasteiger partial charge in [0.05, 0.1) is 6.07 Å². The Kier molecular flexibility index (Phi) is 4.28. The molecule has 21 heavy (non-hydrogen) atoms. The van der Waals surface area contributed by atoms with E-state index in [9.17, 15) is 5.26 Å². The first kappa shape index (κ1) is 14.6. The summed E-state index contributed by atoms with van der Waals surface area (Å²) in [5.41, 5.74) is 0.594. The molecule has 1 unspecified atom stereocenters. The molecule has 3 rings (SSSR count). The first-order valence-electron chi connectivity index (χ1n) is 8.26. The van der Waals surface area contributed by atoms with Crippen LogP contribution in [-0.2, 0) is 5.54 Å². The summed E-state index contributed by atoms with van der Waals surface area (Å²) < 4.78 is 0. The van der Waals surface area contributed by atoms with E-state index in [0.29, 0.717) is 6.04 Å². The van der Waals surface area contributed by atoms with Gasteiger partial charge in [-0.15, -0.1) is 0 Å². The molecule has 2 fully saturated rings. The van der Waals surface area contributed by atoms with Crippen molar-refractivity contribution in [1.29, 1.82) is 5.26 Å². The van der Waals surface area contributed by atoms with E-state index < -0.39 is 5.54 Å². The summed E-state index contributed by atoms with van der Waals surface area (Å²) in [4.78, 5) is 2.53. The molecule has 0 aliphatic heterocycles. The van der Waals surface area contributed by atoms with Gasteiger partial charge in [0.15, 0.2) is 0 Å². The van der Waals surface area contributed by atoms with Crippen LogP contribution in [0.15, 0.2) is 30.3 Å². The summed E-state index contributed by atoms with van der Waals surface area (Å²) in [7, 11) is 0. The van der Waals surface area contributed by atoms with Gasteiger partial charge in [-0.3, -0.25) is 5.32 Å². The lowest BCUT2D eigenvalue weighted by Gasteiger charge is -2.31. The molecule has 1 aromatic carbocycles. The zero-order valence-electron chi connectivity index (χ0n) is 12.9. The smallest absolute Gasteiger partial charge is 0.133 e. The molecule has 1 atom stereocenters. The molecule has 0 heterocycles. The predicted octanol–water partition coefficient (Wildman–Crippen LogP) is 3.03. The molecule has 0 saturated heterocycles. The zero-order valence-corrected chi connectivity index (χ0v) is 12.9. The quantitative estimate of drug-likeness (QED) is 0.797. The number of hydrogen-bond donors (Lipinski definition) is 1. The fourth-order valence-corrected chi connectivity index (χ4v) is 3.10. The molecular weight excluding hydrogens is 258 g/mol. The van der Waals surface area contributed by atoms with Crippen LogP contribution in [0.25, 0.3) is 0 Å². The zero-order chi connectivity index (χ0) is 14.7. The van der Waals surface area contributed by atoms with E-state index in [1.165, 1.54) is 25.7 Å². The fraction of sp³-hybridized carbons (Fsp3) is 0.611. The van der Waals surface area contributed by atoms with Crippen molar-refractivity contribution in [2.24, 2.45) is 0 Å². The van der Waals surface area contributed by atoms with Crippen molar-refractivity contribution in [3.63, 3.8) is 0 Å². The van der Waals surface area contributed by atoms with Crippen molar-refractivity contribution < 1.29 is 0 Å². The Labute approximate surface area is 128 Å². The second-order valence-electron chi connectivity index (χ2n) is 6.41. The highest BCUT2D eigenvalue weighted by atomic mass is 15.2. The minimum absolute atomic E-state index is 0.523. The first-order valence-corrected chi connectivity index (χ1v) is 8.26. The van der Waals surface area contributed by atoms with Gasteiger partial charge in [0, 0.05) is 18.6 Å². The molecular formula is C18H25N3. The molecule has 0 spiro atoms. The Morgan fingerprint density at radius 3 is 2.48 bits per heavy atom. The molecule has 0 aromatic heterocycles. The summed E-state index contributed by atoms with van der Waals surface area (Å²) in [5.74, 6) is 0. The number of nitrogens with one attached hydrogen (secondary N) is 1. The maximum atomic E-state index is 9.92. The van der Waals surface area contributed by atoms with Crippen LogP contribution < -0.4 is 5.32 Å². The van der Waals surface area contributed by atoms with E-state index in [1.54, 1.807) is 0 Å². The Morgan fingerprint density at radius 1 is 1.24 bits per heavy atom. The molecule has 0 radical (unpaired) electrons. The fourth-order valence-electron chi connectivity index (χ4n) is 3.10. The molecule has 3 heteroatoms. The van der Waals surface area contributed by atoms with Crippen molar-refractivity contribution in [2.45, 2.75) is 56.7 Å². The van der Waals surface area contributed by atoms with Crippen LogP contribution >= 0.6 is 0 Å². The second-order valence-corrected chi connectivity index (χ2v) is 6.41. The van der Waals surface area contributed by atoms with E-state index in [0.717, 1.165) is 31.1 Å². The SMILES string of the molecule is CCN(CCC(C#N)(NC1CC1)c1ccccc1)C1CC1. The van der Waals surface area contributed by atoms with E-state index in [-0.39, 0.29) is 0 Å². The average Bonchev–Trinajstić information content (AvgIpc) is 3.42. The molecule has 1 N–H and O–H groups in total. The Morgan fingerprint density at radius 2 is 1.95 bits per heavy atom. The largest absolute Gasteiger partial charge is 0.301 e. The lowest BCUT2D eigenvalue weighted by molar-refractivity contribution is 0.240. The van der Waals surface area contributed by atoms with Crippen LogP contribution in [0.5, 0.6) is 0 Å². The van der Waals surface area contributed by atoms with E-state index in [1.807, 2.05) is 18.2 Å². The number of hydrogen-bond acceptors (Lipinski definition) is 3. The van der Waals surface area contributed by atoms with Gasteiger partial charge in [0.25, 0.3) is 0 Å². The average molecular weight is 283 g/mol. The molecule has 2 saturated carbocycles. The minimum atomic E-state index is -0.523. The van der Waals surface area contributed by atoms with Gasteiger partial charge >= 0.3 is 0 Å². The van der Waals surface area contributed by atoms with Crippen LogP contribution in [0, 0.1) is 11.3 Å². The topological polar surface area (TPSA) is 39.1 Å². The van der Waals surface area contributed by atoms with Crippen LogP contribution in [0.2, 0.25) is 0 Å². The Hall–Kier alpha value is -1.37. The normalized spacial score (nSPS) is 21.0. The van der Waals surface area contributed by atoms with Gasteiger partial charge < -0.3 is 4.90 Å². The van der Waals surface area contributed by atoms with E-state index in [4.69, 9.17) is 0 Å². The number of nitrogens with zero attached hydrogens (tertiary/aromatic N) is 2. The standard InChI is InChI=1S/C18H25N3/c1-2-21(17-10-11-17)13-12-18(14-19,20-16-8-9-16)15-6-4-3-5-7-15/h3-7,16-17,20H,2,8-13H2,1H3. The third-order valence-corrected chi connectivity index (χ3v) is 4.73. The number of nitriles is 1. The van der Waals surface area contributed by atoms with E-state index in [2.05, 4.69) is 35.3 Å². The van der Waals surface area contributed by atoms with Crippen molar-refractivity contribution in [1.82, 2.24) is 10.2 Å². The first-order chi connectivity index (χ1) is 10.3. The van der Waals surface area contributed by atoms with Crippen molar-refractivity contribution in [2.75, 3.05) is 13.1 Å². The van der Waals surface area contributed by atoms with Gasteiger partial charge in [-0.25, -0.2) is 0 Å². The Balaban J connectivity index is 1.76. The van der Waals surface area contributed by atoms with Crippen molar-refractivity contribution >= 4 is 0 Å². The van der Waals surface area contributed by atoms with Gasteiger partial charge in [0.2, 0.25) is 0 Å². The molecule has 1 aromatic rings. The number of rotatable bonds is 8. The highest BCUT2D eigenvalue weighted by Crippen LogP contribution is 2.33. The summed E-state index contributed by atoms with van der Waals surface area (Å²) in [6.07, 6.45) is 5.94. The third kappa shape index (κ3) is 3.45. The predicted molar refractivity (Wildman–Crippen MR) is 84.8 cm³/mol. The maximum absolute atomic E-state index is 9.92. The van der Waals surface area contributed by atoms with Gasteiger partial charge in [-0.05, 0) is 44.2 Å². The van der Waals surface area contributed by atoms with Crippen LogP contribution in [0.4, 0.5) is 0 Å². The highest BCUT2D eigenvalue weighted by molar-refractivity contribution is 5.32. The summed E-state index contributed by atoms with van der Waals surface area (Å²) in [6.45, 7) is 4.32. The molecule has 0 bridgehead atoms. The van der Waals surface area contributed by atoms with Crippen molar-refractivity contribution in [3.05, 3.63) is 35.9 Å².